The zero-order valence-electron chi connectivity index (χ0n) is 16.5. The van der Waals surface area contributed by atoms with Gasteiger partial charge in [-0.15, -0.1) is 11.3 Å². The average molecular weight is 413 g/mol. The molecule has 0 aliphatic rings. The molecule has 0 fully saturated rings. The van der Waals surface area contributed by atoms with E-state index in [0.29, 0.717) is 5.56 Å². The zero-order valence-corrected chi connectivity index (χ0v) is 18.1. The van der Waals surface area contributed by atoms with E-state index >= 15 is 0 Å². The summed E-state index contributed by atoms with van der Waals surface area (Å²) in [7, 11) is 3.48. The van der Waals surface area contributed by atoms with Gasteiger partial charge in [0, 0.05) is 35.0 Å². The summed E-state index contributed by atoms with van der Waals surface area (Å²) >= 11 is 3.38. The van der Waals surface area contributed by atoms with Crippen molar-refractivity contribution >= 4 is 29.0 Å². The molecular weight excluding hydrogens is 388 g/mol. The number of ether oxygens (including phenoxy) is 1. The van der Waals surface area contributed by atoms with Crippen LogP contribution in [0, 0.1) is 6.92 Å². The molecule has 0 radical (unpaired) electrons. The van der Waals surface area contributed by atoms with E-state index in [1.165, 1.54) is 5.56 Å². The quantitative estimate of drug-likeness (QED) is 0.475. The Morgan fingerprint density at radius 2 is 1.93 bits per heavy atom. The lowest BCUT2D eigenvalue weighted by Gasteiger charge is -2.26. The van der Waals surface area contributed by atoms with Gasteiger partial charge in [0.2, 0.25) is 0 Å². The summed E-state index contributed by atoms with van der Waals surface area (Å²) in [6, 6.07) is 15.5. The van der Waals surface area contributed by atoms with Gasteiger partial charge in [-0.2, -0.15) is 0 Å². The fourth-order valence-electron chi connectivity index (χ4n) is 2.89. The molecule has 0 spiro atoms. The van der Waals surface area contributed by atoms with Crippen LogP contribution >= 0.6 is 23.1 Å². The summed E-state index contributed by atoms with van der Waals surface area (Å²) < 4.78 is 6.51. The highest BCUT2D eigenvalue weighted by molar-refractivity contribution is 8.00. The van der Waals surface area contributed by atoms with Crippen LogP contribution in [0.4, 0.5) is 0 Å². The Balaban J connectivity index is 1.66. The molecule has 0 aliphatic heterocycles. The van der Waals surface area contributed by atoms with E-state index in [1.807, 2.05) is 69.4 Å². The molecule has 1 aromatic heterocycles. The summed E-state index contributed by atoms with van der Waals surface area (Å²) in [5.41, 5.74) is 3.91. The van der Waals surface area contributed by atoms with E-state index in [9.17, 15) is 4.79 Å². The van der Waals surface area contributed by atoms with Crippen molar-refractivity contribution in [1.29, 1.82) is 0 Å². The lowest BCUT2D eigenvalue weighted by molar-refractivity contribution is 0.0741. The molecule has 28 heavy (non-hydrogen) atoms. The number of thioether (sulfide) groups is 1. The topological polar surface area (TPSA) is 42.4 Å². The first kappa shape index (κ1) is 20.4. The molecule has 0 saturated heterocycles. The average Bonchev–Trinajstić information content (AvgIpc) is 3.16. The number of hydrogen-bond donors (Lipinski definition) is 0. The fraction of sp³-hybridized carbons (Fsp3) is 0.273. The smallest absolute Gasteiger partial charge is 0.254 e. The van der Waals surface area contributed by atoms with Gasteiger partial charge in [-0.3, -0.25) is 4.79 Å². The van der Waals surface area contributed by atoms with Crippen LogP contribution < -0.4 is 4.74 Å². The maximum atomic E-state index is 12.9. The number of thiazole rings is 1. The molecule has 3 rings (SSSR count). The van der Waals surface area contributed by atoms with Gasteiger partial charge in [0.1, 0.15) is 10.1 Å². The van der Waals surface area contributed by atoms with Gasteiger partial charge in [-0.05, 0) is 37.6 Å². The molecule has 0 bridgehead atoms. The third-order valence-electron chi connectivity index (χ3n) is 4.65. The number of methoxy groups -OCH3 is 1. The van der Waals surface area contributed by atoms with Crippen molar-refractivity contribution < 1.29 is 9.53 Å². The number of hydrogen-bond acceptors (Lipinski definition) is 5. The molecule has 3 aromatic rings. The van der Waals surface area contributed by atoms with Crippen molar-refractivity contribution in [3.8, 4) is 5.75 Å². The molecule has 4 nitrogen and oxygen atoms in total. The van der Waals surface area contributed by atoms with E-state index in [0.717, 1.165) is 27.1 Å². The standard InChI is InChI=1S/C22H24N2O2S2/c1-15-13-27-22(23-15)28-14-17-9-11-18(12-10-17)21(25)24(3)16(2)19-7-5-6-8-20(19)26-4/h5-13,16H,14H2,1-4H3. The number of rotatable bonds is 7. The monoisotopic (exact) mass is 412 g/mol. The Kier molecular flexibility index (Phi) is 6.75. The normalized spacial score (nSPS) is 11.9. The zero-order chi connectivity index (χ0) is 20.1. The van der Waals surface area contributed by atoms with E-state index < -0.39 is 0 Å². The van der Waals surface area contributed by atoms with Crippen LogP contribution in [0.2, 0.25) is 0 Å². The molecule has 1 atom stereocenters. The number of aryl methyl sites for hydroxylation is 1. The number of benzene rings is 2. The second-order valence-corrected chi connectivity index (χ2v) is 8.65. The number of carbonyl (C=O) groups excluding carboxylic acids is 1. The third-order valence-corrected chi connectivity index (χ3v) is 6.86. The minimum absolute atomic E-state index is 0.00634. The van der Waals surface area contributed by atoms with Gasteiger partial charge in [-0.1, -0.05) is 42.1 Å². The molecule has 0 N–H and O–H groups in total. The molecule has 2 aromatic carbocycles. The molecule has 0 aliphatic carbocycles. The first-order valence-electron chi connectivity index (χ1n) is 9.03. The molecule has 6 heteroatoms. The maximum Gasteiger partial charge on any atom is 0.254 e. The number of para-hydroxylation sites is 1. The largest absolute Gasteiger partial charge is 0.496 e. The summed E-state index contributed by atoms with van der Waals surface area (Å²) in [6.45, 7) is 4.01. The second kappa shape index (κ2) is 9.26. The highest BCUT2D eigenvalue weighted by Crippen LogP contribution is 2.29. The predicted octanol–water partition coefficient (Wildman–Crippen LogP) is 5.59. The Morgan fingerprint density at radius 3 is 2.57 bits per heavy atom. The summed E-state index contributed by atoms with van der Waals surface area (Å²) in [5.74, 6) is 1.63. The minimum Gasteiger partial charge on any atom is -0.496 e. The Hall–Kier alpha value is -2.31. The third kappa shape index (κ3) is 4.75. The van der Waals surface area contributed by atoms with Crippen molar-refractivity contribution in [2.45, 2.75) is 30.0 Å². The van der Waals surface area contributed by atoms with Crippen molar-refractivity contribution in [3.63, 3.8) is 0 Å². The van der Waals surface area contributed by atoms with Gasteiger partial charge in [0.05, 0.1) is 13.2 Å². The number of nitrogens with zero attached hydrogens (tertiary/aromatic N) is 2. The van der Waals surface area contributed by atoms with Gasteiger partial charge in [0.25, 0.3) is 5.91 Å². The Morgan fingerprint density at radius 1 is 1.21 bits per heavy atom. The minimum atomic E-state index is -0.0907. The lowest BCUT2D eigenvalue weighted by Crippen LogP contribution is -2.29. The van der Waals surface area contributed by atoms with Crippen LogP contribution in [0.5, 0.6) is 5.75 Å². The summed E-state index contributed by atoms with van der Waals surface area (Å²) in [4.78, 5) is 19.1. The summed E-state index contributed by atoms with van der Waals surface area (Å²) in [6.07, 6.45) is 0. The van der Waals surface area contributed by atoms with Crippen LogP contribution in [0.1, 0.15) is 40.1 Å². The van der Waals surface area contributed by atoms with E-state index in [1.54, 1.807) is 35.1 Å². The van der Waals surface area contributed by atoms with Crippen molar-refractivity contribution in [2.24, 2.45) is 0 Å². The molecule has 1 unspecified atom stereocenters. The van der Waals surface area contributed by atoms with Crippen LogP contribution in [0.15, 0.2) is 58.3 Å². The number of amides is 1. The molecular formula is C22H24N2O2S2. The maximum absolute atomic E-state index is 12.9. The van der Waals surface area contributed by atoms with Gasteiger partial charge in [-0.25, -0.2) is 4.98 Å². The second-order valence-electron chi connectivity index (χ2n) is 6.57. The highest BCUT2D eigenvalue weighted by atomic mass is 32.2. The van der Waals surface area contributed by atoms with Crippen molar-refractivity contribution in [2.75, 3.05) is 14.2 Å². The first-order chi connectivity index (χ1) is 13.5. The predicted molar refractivity (Wildman–Crippen MR) is 116 cm³/mol. The lowest BCUT2D eigenvalue weighted by atomic mass is 10.0. The summed E-state index contributed by atoms with van der Waals surface area (Å²) in [5, 5.41) is 2.06. The van der Waals surface area contributed by atoms with Gasteiger partial charge < -0.3 is 9.64 Å². The molecule has 0 saturated carbocycles. The van der Waals surface area contributed by atoms with Crippen LogP contribution in [-0.2, 0) is 5.75 Å². The number of carbonyl (C=O) groups is 1. The van der Waals surface area contributed by atoms with E-state index in [4.69, 9.17) is 4.74 Å². The van der Waals surface area contributed by atoms with Crippen LogP contribution in [0.25, 0.3) is 0 Å². The molecule has 1 heterocycles. The van der Waals surface area contributed by atoms with Crippen LogP contribution in [-0.4, -0.2) is 29.9 Å². The van der Waals surface area contributed by atoms with E-state index in [2.05, 4.69) is 10.4 Å². The SMILES string of the molecule is COc1ccccc1C(C)N(C)C(=O)c1ccc(CSc2nc(C)cs2)cc1. The van der Waals surface area contributed by atoms with Gasteiger partial charge >= 0.3 is 0 Å². The first-order valence-corrected chi connectivity index (χ1v) is 10.9. The van der Waals surface area contributed by atoms with Crippen molar-refractivity contribution in [3.05, 3.63) is 76.3 Å². The Labute approximate surface area is 174 Å². The highest BCUT2D eigenvalue weighted by Gasteiger charge is 2.21. The number of aromatic nitrogens is 1. The Bertz CT molecular complexity index is 938. The van der Waals surface area contributed by atoms with Crippen LogP contribution in [0.3, 0.4) is 0 Å². The fourth-order valence-corrected chi connectivity index (χ4v) is 4.69. The molecule has 146 valence electrons. The van der Waals surface area contributed by atoms with Crippen molar-refractivity contribution in [1.82, 2.24) is 9.88 Å². The van der Waals surface area contributed by atoms with E-state index in [-0.39, 0.29) is 11.9 Å². The molecule has 1 amide bonds. The van der Waals surface area contributed by atoms with Gasteiger partial charge in [0.15, 0.2) is 0 Å².